The molecule has 0 saturated carbocycles. The number of aryl methyl sites for hydroxylation is 1. The van der Waals surface area contributed by atoms with Crippen molar-refractivity contribution in [1.29, 1.82) is 0 Å². The van der Waals surface area contributed by atoms with Crippen molar-refractivity contribution in [1.82, 2.24) is 9.78 Å². The first kappa shape index (κ1) is 15.4. The molecule has 0 aliphatic rings. The molecule has 0 saturated heterocycles. The predicted octanol–water partition coefficient (Wildman–Crippen LogP) is 2.82. The molecule has 0 fully saturated rings. The van der Waals surface area contributed by atoms with Crippen molar-refractivity contribution in [2.24, 2.45) is 5.73 Å². The number of benzene rings is 1. The van der Waals surface area contributed by atoms with Gasteiger partial charge in [0.25, 0.3) is 0 Å². The van der Waals surface area contributed by atoms with Crippen LogP contribution in [-0.4, -0.2) is 16.9 Å². The molecule has 0 radical (unpaired) electrons. The molecule has 114 valence electrons. The lowest BCUT2D eigenvalue weighted by Gasteiger charge is -2.16. The summed E-state index contributed by atoms with van der Waals surface area (Å²) in [4.78, 5) is 0. The number of ether oxygens (including phenoxy) is 1. The molecule has 0 amide bonds. The van der Waals surface area contributed by atoms with Gasteiger partial charge < -0.3 is 10.5 Å². The molecule has 2 rings (SSSR count). The van der Waals surface area contributed by atoms with Crippen LogP contribution in [-0.2, 0) is 13.0 Å². The fourth-order valence-corrected chi connectivity index (χ4v) is 2.32. The number of rotatable bonds is 6. The Bertz CT molecular complexity index is 613. The van der Waals surface area contributed by atoms with Crippen molar-refractivity contribution in [2.45, 2.75) is 32.4 Å². The first-order chi connectivity index (χ1) is 10.1. The predicted molar refractivity (Wildman–Crippen MR) is 76.1 cm³/mol. The molecule has 2 N–H and O–H groups in total. The summed E-state index contributed by atoms with van der Waals surface area (Å²) in [6, 6.07) is 3.03. The van der Waals surface area contributed by atoms with E-state index in [9.17, 15) is 8.78 Å². The Morgan fingerprint density at radius 3 is 2.76 bits per heavy atom. The molecule has 1 atom stereocenters. The molecule has 1 heterocycles. The van der Waals surface area contributed by atoms with Crippen LogP contribution >= 0.6 is 0 Å². The standard InChI is InChI=1S/C15H19F2N3O/c1-3-6-20-15(14(21-2)9-19-20)13(18)7-10-4-5-11(16)8-12(10)17/h4-5,8-9,13H,3,6-7,18H2,1-2H3. The number of nitrogens with two attached hydrogens (primary N) is 1. The smallest absolute Gasteiger partial charge is 0.161 e. The largest absolute Gasteiger partial charge is 0.493 e. The van der Waals surface area contributed by atoms with Gasteiger partial charge in [0.1, 0.15) is 11.6 Å². The van der Waals surface area contributed by atoms with Gasteiger partial charge in [-0.25, -0.2) is 8.78 Å². The summed E-state index contributed by atoms with van der Waals surface area (Å²) >= 11 is 0. The number of methoxy groups -OCH3 is 1. The van der Waals surface area contributed by atoms with Crippen LogP contribution in [0.4, 0.5) is 8.78 Å². The molecule has 0 aliphatic carbocycles. The lowest BCUT2D eigenvalue weighted by molar-refractivity contribution is 0.399. The molecule has 0 spiro atoms. The fourth-order valence-electron chi connectivity index (χ4n) is 2.32. The number of hydrogen-bond donors (Lipinski definition) is 1. The average Bonchev–Trinajstić information content (AvgIpc) is 2.85. The van der Waals surface area contributed by atoms with Crippen LogP contribution in [0, 0.1) is 11.6 Å². The Hall–Kier alpha value is -1.95. The summed E-state index contributed by atoms with van der Waals surface area (Å²) in [7, 11) is 1.54. The monoisotopic (exact) mass is 295 g/mol. The van der Waals surface area contributed by atoms with E-state index >= 15 is 0 Å². The molecule has 4 nitrogen and oxygen atoms in total. The Labute approximate surface area is 122 Å². The second kappa shape index (κ2) is 6.67. The SMILES string of the molecule is CCCn1ncc(OC)c1C(N)Cc1ccc(F)cc1F. The maximum Gasteiger partial charge on any atom is 0.161 e. The van der Waals surface area contributed by atoms with Gasteiger partial charge in [-0.2, -0.15) is 5.10 Å². The Morgan fingerprint density at radius 2 is 2.14 bits per heavy atom. The first-order valence-electron chi connectivity index (χ1n) is 6.86. The normalized spacial score (nSPS) is 12.4. The number of aromatic nitrogens is 2. The summed E-state index contributed by atoms with van der Waals surface area (Å²) in [6.07, 6.45) is 2.75. The third kappa shape index (κ3) is 3.39. The van der Waals surface area contributed by atoms with Crippen molar-refractivity contribution in [3.63, 3.8) is 0 Å². The Kier molecular flexibility index (Phi) is 4.90. The van der Waals surface area contributed by atoms with Crippen LogP contribution in [0.1, 0.15) is 30.6 Å². The van der Waals surface area contributed by atoms with Crippen LogP contribution in [0.3, 0.4) is 0 Å². The zero-order valence-electron chi connectivity index (χ0n) is 12.1. The second-order valence-corrected chi connectivity index (χ2v) is 4.87. The average molecular weight is 295 g/mol. The molecule has 1 aromatic carbocycles. The molecule has 2 aromatic rings. The van der Waals surface area contributed by atoms with Gasteiger partial charge in [0.15, 0.2) is 5.75 Å². The van der Waals surface area contributed by atoms with E-state index in [1.54, 1.807) is 18.0 Å². The van der Waals surface area contributed by atoms with Crippen molar-refractivity contribution in [3.05, 3.63) is 47.3 Å². The lowest BCUT2D eigenvalue weighted by atomic mass is 10.0. The third-order valence-corrected chi connectivity index (χ3v) is 3.31. The highest BCUT2D eigenvalue weighted by Gasteiger charge is 2.20. The summed E-state index contributed by atoms with van der Waals surface area (Å²) in [5.74, 6) is -0.608. The number of halogens is 2. The molecule has 0 bridgehead atoms. The van der Waals surface area contributed by atoms with E-state index in [0.29, 0.717) is 17.9 Å². The van der Waals surface area contributed by atoms with E-state index in [1.165, 1.54) is 12.1 Å². The van der Waals surface area contributed by atoms with Gasteiger partial charge in [-0.05, 0) is 24.5 Å². The van der Waals surface area contributed by atoms with E-state index < -0.39 is 17.7 Å². The second-order valence-electron chi connectivity index (χ2n) is 4.87. The van der Waals surface area contributed by atoms with Gasteiger partial charge in [0.2, 0.25) is 0 Å². The highest BCUT2D eigenvalue weighted by atomic mass is 19.1. The van der Waals surface area contributed by atoms with Gasteiger partial charge in [-0.1, -0.05) is 13.0 Å². The van der Waals surface area contributed by atoms with Crippen LogP contribution in [0.15, 0.2) is 24.4 Å². The quantitative estimate of drug-likeness (QED) is 0.891. The van der Waals surface area contributed by atoms with Crippen LogP contribution in [0.25, 0.3) is 0 Å². The molecule has 1 unspecified atom stereocenters. The molecular formula is C15H19F2N3O. The fraction of sp³-hybridized carbons (Fsp3) is 0.400. The summed E-state index contributed by atoms with van der Waals surface area (Å²) in [5, 5.41) is 4.23. The van der Waals surface area contributed by atoms with Crippen molar-refractivity contribution >= 4 is 0 Å². The maximum atomic E-state index is 13.7. The molecule has 6 heteroatoms. The van der Waals surface area contributed by atoms with E-state index in [0.717, 1.165) is 18.2 Å². The summed E-state index contributed by atoms with van der Waals surface area (Å²) < 4.78 is 33.7. The van der Waals surface area contributed by atoms with Gasteiger partial charge in [0.05, 0.1) is 25.0 Å². The minimum atomic E-state index is -0.599. The zero-order chi connectivity index (χ0) is 15.4. The summed E-state index contributed by atoms with van der Waals surface area (Å²) in [5.41, 5.74) is 7.28. The van der Waals surface area contributed by atoms with E-state index in [2.05, 4.69) is 5.10 Å². The highest BCUT2D eigenvalue weighted by molar-refractivity contribution is 5.30. The molecule has 21 heavy (non-hydrogen) atoms. The first-order valence-corrected chi connectivity index (χ1v) is 6.86. The topological polar surface area (TPSA) is 53.1 Å². The Balaban J connectivity index is 2.27. The zero-order valence-corrected chi connectivity index (χ0v) is 12.1. The van der Waals surface area contributed by atoms with Crippen LogP contribution in [0.5, 0.6) is 5.75 Å². The minimum absolute atomic E-state index is 0.248. The maximum absolute atomic E-state index is 13.7. The third-order valence-electron chi connectivity index (χ3n) is 3.31. The summed E-state index contributed by atoms with van der Waals surface area (Å²) in [6.45, 7) is 2.74. The molecule has 0 aliphatic heterocycles. The Morgan fingerprint density at radius 1 is 1.38 bits per heavy atom. The van der Waals surface area contributed by atoms with Crippen LogP contribution < -0.4 is 10.5 Å². The molecule has 1 aromatic heterocycles. The minimum Gasteiger partial charge on any atom is -0.493 e. The highest BCUT2D eigenvalue weighted by Crippen LogP contribution is 2.27. The van der Waals surface area contributed by atoms with E-state index in [4.69, 9.17) is 10.5 Å². The van der Waals surface area contributed by atoms with Crippen molar-refractivity contribution in [2.75, 3.05) is 7.11 Å². The van der Waals surface area contributed by atoms with Gasteiger partial charge in [-0.3, -0.25) is 4.68 Å². The van der Waals surface area contributed by atoms with Gasteiger partial charge in [0, 0.05) is 12.6 Å². The van der Waals surface area contributed by atoms with Crippen molar-refractivity contribution < 1.29 is 13.5 Å². The lowest BCUT2D eigenvalue weighted by Crippen LogP contribution is -2.20. The van der Waals surface area contributed by atoms with Crippen LogP contribution in [0.2, 0.25) is 0 Å². The van der Waals surface area contributed by atoms with E-state index in [1.807, 2.05) is 6.92 Å². The van der Waals surface area contributed by atoms with Crippen molar-refractivity contribution in [3.8, 4) is 5.75 Å². The number of nitrogens with zero attached hydrogens (tertiary/aromatic N) is 2. The van der Waals surface area contributed by atoms with E-state index in [-0.39, 0.29) is 6.42 Å². The van der Waals surface area contributed by atoms with Gasteiger partial charge in [-0.15, -0.1) is 0 Å². The number of hydrogen-bond acceptors (Lipinski definition) is 3. The van der Waals surface area contributed by atoms with Gasteiger partial charge >= 0.3 is 0 Å². The molecular weight excluding hydrogens is 276 g/mol.